The number of carbonyl (C=O) groups excluding carboxylic acids is 1. The van der Waals surface area contributed by atoms with Crippen LogP contribution in [-0.4, -0.2) is 56.8 Å². The van der Waals surface area contributed by atoms with Crippen LogP contribution in [0.25, 0.3) is 0 Å². The summed E-state index contributed by atoms with van der Waals surface area (Å²) in [5.41, 5.74) is 2.99. The molecule has 6 nitrogen and oxygen atoms in total. The van der Waals surface area contributed by atoms with Crippen molar-refractivity contribution in [1.82, 2.24) is 10.2 Å². The predicted molar refractivity (Wildman–Crippen MR) is 115 cm³/mol. The largest absolute Gasteiger partial charge is 0.483 e. The van der Waals surface area contributed by atoms with E-state index in [1.54, 1.807) is 0 Å². The molecular weight excluding hydrogens is 366 g/mol. The molecule has 2 aromatic carbocycles. The predicted octanol–water partition coefficient (Wildman–Crippen LogP) is 2.82. The molecule has 1 heterocycles. The Balaban J connectivity index is 1.38. The van der Waals surface area contributed by atoms with Crippen LogP contribution in [0.5, 0.6) is 5.75 Å². The lowest BCUT2D eigenvalue weighted by molar-refractivity contribution is -0.118. The number of morpholine rings is 1. The van der Waals surface area contributed by atoms with Crippen molar-refractivity contribution in [3.8, 4) is 5.75 Å². The number of rotatable bonds is 10. The van der Waals surface area contributed by atoms with Crippen LogP contribution in [0.4, 0.5) is 5.69 Å². The van der Waals surface area contributed by atoms with Crippen molar-refractivity contribution >= 4 is 11.6 Å². The lowest BCUT2D eigenvalue weighted by Crippen LogP contribution is -2.37. The molecule has 0 spiro atoms. The van der Waals surface area contributed by atoms with Gasteiger partial charge in [-0.15, -0.1) is 0 Å². The highest BCUT2D eigenvalue weighted by molar-refractivity contribution is 5.91. The van der Waals surface area contributed by atoms with Crippen LogP contribution in [0, 0.1) is 6.92 Å². The summed E-state index contributed by atoms with van der Waals surface area (Å²) in [6.45, 7) is 8.50. The molecule has 1 amide bonds. The maximum atomic E-state index is 12.2. The zero-order valence-corrected chi connectivity index (χ0v) is 17.2. The van der Waals surface area contributed by atoms with E-state index in [-0.39, 0.29) is 12.5 Å². The Bertz CT molecular complexity index is 758. The Morgan fingerprint density at radius 1 is 1.10 bits per heavy atom. The topological polar surface area (TPSA) is 62.8 Å². The highest BCUT2D eigenvalue weighted by Crippen LogP contribution is 2.18. The van der Waals surface area contributed by atoms with Crippen LogP contribution in [0.3, 0.4) is 0 Å². The molecular formula is C23H31N3O3. The van der Waals surface area contributed by atoms with E-state index in [9.17, 15) is 4.79 Å². The molecule has 156 valence electrons. The molecule has 1 saturated heterocycles. The van der Waals surface area contributed by atoms with Gasteiger partial charge in [-0.05, 0) is 44.6 Å². The third-order valence-corrected chi connectivity index (χ3v) is 4.91. The molecule has 0 aliphatic carbocycles. The Morgan fingerprint density at radius 3 is 2.66 bits per heavy atom. The van der Waals surface area contributed by atoms with Crippen molar-refractivity contribution in [1.29, 1.82) is 0 Å². The van der Waals surface area contributed by atoms with E-state index >= 15 is 0 Å². The van der Waals surface area contributed by atoms with Crippen LogP contribution in [0.1, 0.15) is 17.5 Å². The molecule has 2 aromatic rings. The fraction of sp³-hybridized carbons (Fsp3) is 0.435. The summed E-state index contributed by atoms with van der Waals surface area (Å²) >= 11 is 0. The van der Waals surface area contributed by atoms with Crippen molar-refractivity contribution < 1.29 is 14.3 Å². The summed E-state index contributed by atoms with van der Waals surface area (Å²) in [7, 11) is 0. The molecule has 0 radical (unpaired) electrons. The highest BCUT2D eigenvalue weighted by atomic mass is 16.5. The lowest BCUT2D eigenvalue weighted by Gasteiger charge is -2.26. The molecule has 0 bridgehead atoms. The Morgan fingerprint density at radius 2 is 1.86 bits per heavy atom. The van der Waals surface area contributed by atoms with Gasteiger partial charge in [-0.3, -0.25) is 9.69 Å². The van der Waals surface area contributed by atoms with E-state index in [0.717, 1.165) is 74.9 Å². The summed E-state index contributed by atoms with van der Waals surface area (Å²) < 4.78 is 11.1. The van der Waals surface area contributed by atoms with Gasteiger partial charge in [0.25, 0.3) is 5.91 Å². The van der Waals surface area contributed by atoms with Crippen LogP contribution < -0.4 is 15.4 Å². The molecule has 6 heteroatoms. The number of ether oxygens (including phenoxy) is 2. The standard InChI is InChI=1S/C23H31N3O3/c1-19-7-9-21(10-8-19)25-23(27)18-29-22-6-3-2-5-20(22)17-24-11-4-12-26-13-15-28-16-14-26/h2-3,5-10,24H,4,11-18H2,1H3,(H,25,27). The SMILES string of the molecule is Cc1ccc(NC(=O)COc2ccccc2CNCCCN2CCOCC2)cc1. The number of carbonyl (C=O) groups is 1. The average molecular weight is 398 g/mol. The zero-order chi connectivity index (χ0) is 20.3. The first-order chi connectivity index (χ1) is 14.2. The number of para-hydroxylation sites is 1. The van der Waals surface area contributed by atoms with Gasteiger partial charge in [0.1, 0.15) is 5.75 Å². The molecule has 29 heavy (non-hydrogen) atoms. The number of aryl methyl sites for hydroxylation is 1. The van der Waals surface area contributed by atoms with E-state index in [0.29, 0.717) is 0 Å². The number of anilines is 1. The lowest BCUT2D eigenvalue weighted by atomic mass is 10.2. The minimum atomic E-state index is -0.165. The monoisotopic (exact) mass is 397 g/mol. The van der Waals surface area contributed by atoms with Crippen LogP contribution in [0.15, 0.2) is 48.5 Å². The number of hydrogen-bond acceptors (Lipinski definition) is 5. The normalized spacial score (nSPS) is 14.5. The van der Waals surface area contributed by atoms with Crippen molar-refractivity contribution in [2.75, 3.05) is 51.3 Å². The molecule has 1 aliphatic heterocycles. The van der Waals surface area contributed by atoms with E-state index < -0.39 is 0 Å². The third-order valence-electron chi connectivity index (χ3n) is 4.91. The van der Waals surface area contributed by atoms with Crippen molar-refractivity contribution in [3.05, 3.63) is 59.7 Å². The quantitative estimate of drug-likeness (QED) is 0.604. The maximum absolute atomic E-state index is 12.2. The highest BCUT2D eigenvalue weighted by Gasteiger charge is 2.10. The van der Waals surface area contributed by atoms with Gasteiger partial charge in [-0.1, -0.05) is 35.9 Å². The minimum absolute atomic E-state index is 0.0120. The van der Waals surface area contributed by atoms with E-state index in [2.05, 4.69) is 15.5 Å². The minimum Gasteiger partial charge on any atom is -0.483 e. The first-order valence-corrected chi connectivity index (χ1v) is 10.3. The maximum Gasteiger partial charge on any atom is 0.262 e. The average Bonchev–Trinajstić information content (AvgIpc) is 2.75. The Hall–Kier alpha value is -2.41. The van der Waals surface area contributed by atoms with Gasteiger partial charge in [-0.2, -0.15) is 0 Å². The second-order valence-electron chi connectivity index (χ2n) is 7.29. The second-order valence-corrected chi connectivity index (χ2v) is 7.29. The van der Waals surface area contributed by atoms with Gasteiger partial charge in [0, 0.05) is 30.9 Å². The first-order valence-electron chi connectivity index (χ1n) is 10.3. The first kappa shape index (κ1) is 21.3. The molecule has 3 rings (SSSR count). The summed E-state index contributed by atoms with van der Waals surface area (Å²) in [4.78, 5) is 14.6. The third kappa shape index (κ3) is 7.49. The Labute approximate surface area is 173 Å². The summed E-state index contributed by atoms with van der Waals surface area (Å²) in [6.07, 6.45) is 1.10. The Kier molecular flexibility index (Phi) is 8.49. The van der Waals surface area contributed by atoms with Crippen molar-refractivity contribution in [3.63, 3.8) is 0 Å². The molecule has 2 N–H and O–H groups in total. The molecule has 1 fully saturated rings. The number of nitrogens with zero attached hydrogens (tertiary/aromatic N) is 1. The second kappa shape index (κ2) is 11.6. The van der Waals surface area contributed by atoms with E-state index in [1.807, 2.05) is 55.5 Å². The summed E-state index contributed by atoms with van der Waals surface area (Å²) in [5, 5.41) is 6.33. The smallest absolute Gasteiger partial charge is 0.262 e. The number of amides is 1. The van der Waals surface area contributed by atoms with Gasteiger partial charge in [0.2, 0.25) is 0 Å². The molecule has 1 aliphatic rings. The molecule has 0 atom stereocenters. The number of hydrogen-bond donors (Lipinski definition) is 2. The molecule has 0 unspecified atom stereocenters. The fourth-order valence-electron chi connectivity index (χ4n) is 3.24. The van der Waals surface area contributed by atoms with Gasteiger partial charge in [0.15, 0.2) is 6.61 Å². The molecule has 0 aromatic heterocycles. The summed E-state index contributed by atoms with van der Waals surface area (Å²) in [6, 6.07) is 15.6. The van der Waals surface area contributed by atoms with Gasteiger partial charge in [0.05, 0.1) is 13.2 Å². The van der Waals surface area contributed by atoms with Gasteiger partial charge in [-0.25, -0.2) is 0 Å². The van der Waals surface area contributed by atoms with Gasteiger partial charge < -0.3 is 20.1 Å². The van der Waals surface area contributed by atoms with Crippen molar-refractivity contribution in [2.24, 2.45) is 0 Å². The van der Waals surface area contributed by atoms with Crippen molar-refractivity contribution in [2.45, 2.75) is 19.9 Å². The van der Waals surface area contributed by atoms with E-state index in [1.165, 1.54) is 0 Å². The summed E-state index contributed by atoms with van der Waals surface area (Å²) in [5.74, 6) is 0.578. The number of nitrogens with one attached hydrogen (secondary N) is 2. The van der Waals surface area contributed by atoms with Crippen LogP contribution in [-0.2, 0) is 16.1 Å². The fourth-order valence-corrected chi connectivity index (χ4v) is 3.24. The van der Waals surface area contributed by atoms with E-state index in [4.69, 9.17) is 9.47 Å². The van der Waals surface area contributed by atoms with Gasteiger partial charge >= 0.3 is 0 Å². The molecule has 0 saturated carbocycles. The van der Waals surface area contributed by atoms with Crippen LogP contribution in [0.2, 0.25) is 0 Å². The number of benzene rings is 2. The zero-order valence-electron chi connectivity index (χ0n) is 17.2. The van der Waals surface area contributed by atoms with Crippen LogP contribution >= 0.6 is 0 Å².